The van der Waals surface area contributed by atoms with Gasteiger partial charge in [0, 0.05) is 36.1 Å². The summed E-state index contributed by atoms with van der Waals surface area (Å²) in [5.41, 5.74) is 3.38. The molecule has 0 fully saturated rings. The van der Waals surface area contributed by atoms with Crippen molar-refractivity contribution in [2.75, 3.05) is 10.2 Å². The number of benzene rings is 1. The van der Waals surface area contributed by atoms with Gasteiger partial charge >= 0.3 is 0 Å². The number of pyridine rings is 2. The molecule has 1 aromatic carbocycles. The van der Waals surface area contributed by atoms with Crippen LogP contribution in [0.4, 0.5) is 21.6 Å². The van der Waals surface area contributed by atoms with Crippen LogP contribution in [-0.4, -0.2) is 26.4 Å². The third-order valence-electron chi connectivity index (χ3n) is 5.21. The van der Waals surface area contributed by atoms with Crippen LogP contribution in [0.25, 0.3) is 5.52 Å². The molecule has 0 radical (unpaired) electrons. The maximum Gasteiger partial charge on any atom is 0.229 e. The van der Waals surface area contributed by atoms with E-state index in [0.717, 1.165) is 21.6 Å². The molecule has 0 aliphatic carbocycles. The molecule has 3 aromatic heterocycles. The topological polar surface area (TPSA) is 79.6 Å². The molecule has 0 bridgehead atoms. The first-order chi connectivity index (χ1) is 15.7. The highest BCUT2D eigenvalue weighted by atomic mass is 35.5. The van der Waals surface area contributed by atoms with Crippen LogP contribution in [0.1, 0.15) is 23.6 Å². The van der Waals surface area contributed by atoms with Crippen molar-refractivity contribution in [3.63, 3.8) is 0 Å². The summed E-state index contributed by atoms with van der Waals surface area (Å²) in [6, 6.07) is 9.86. The Bertz CT molecular complexity index is 1360. The van der Waals surface area contributed by atoms with Crippen LogP contribution in [-0.2, 0) is 16.0 Å². The quantitative estimate of drug-likeness (QED) is 0.449. The van der Waals surface area contributed by atoms with Crippen molar-refractivity contribution in [1.82, 2.24) is 14.6 Å². The summed E-state index contributed by atoms with van der Waals surface area (Å²) in [7, 11) is 0. The maximum atomic E-state index is 15.1. The van der Waals surface area contributed by atoms with Crippen LogP contribution in [0.3, 0.4) is 0 Å². The number of nitrogens with one attached hydrogen (secondary N) is 1. The number of halogens is 2. The van der Waals surface area contributed by atoms with Crippen LogP contribution in [0.2, 0.25) is 5.02 Å². The van der Waals surface area contributed by atoms with Gasteiger partial charge in [0.15, 0.2) is 5.82 Å². The average Bonchev–Trinajstić information content (AvgIpc) is 3.22. The number of aryl methyl sites for hydroxylation is 2. The lowest BCUT2D eigenvalue weighted by Gasteiger charge is -2.21. The van der Waals surface area contributed by atoms with E-state index in [-0.39, 0.29) is 29.3 Å². The van der Waals surface area contributed by atoms with Gasteiger partial charge in [-0.1, -0.05) is 17.7 Å². The predicted octanol–water partition coefficient (Wildman–Crippen LogP) is 5.00. The Kier molecular flexibility index (Phi) is 6.11. The van der Waals surface area contributed by atoms with Gasteiger partial charge in [-0.25, -0.2) is 13.9 Å². The summed E-state index contributed by atoms with van der Waals surface area (Å²) in [5, 5.41) is 7.33. The second-order valence-electron chi connectivity index (χ2n) is 7.70. The molecule has 0 unspecified atom stereocenters. The number of fused-ring (bicyclic) bond motifs is 1. The zero-order valence-electron chi connectivity index (χ0n) is 18.3. The number of aromatic nitrogens is 3. The minimum absolute atomic E-state index is 0.0357. The van der Waals surface area contributed by atoms with E-state index in [9.17, 15) is 9.59 Å². The average molecular weight is 466 g/mol. The summed E-state index contributed by atoms with van der Waals surface area (Å²) in [6.07, 6.45) is 4.56. The van der Waals surface area contributed by atoms with Gasteiger partial charge in [-0.15, -0.1) is 0 Å². The molecule has 7 nitrogen and oxygen atoms in total. The second-order valence-corrected chi connectivity index (χ2v) is 8.11. The molecule has 4 aromatic rings. The number of carbonyl (C=O) groups is 2. The van der Waals surface area contributed by atoms with Crippen molar-refractivity contribution in [2.24, 2.45) is 0 Å². The fourth-order valence-electron chi connectivity index (χ4n) is 3.73. The number of rotatable bonds is 5. The van der Waals surface area contributed by atoms with Gasteiger partial charge in [0.1, 0.15) is 11.3 Å². The number of amides is 2. The molecule has 168 valence electrons. The van der Waals surface area contributed by atoms with Crippen LogP contribution in [0.5, 0.6) is 0 Å². The van der Waals surface area contributed by atoms with E-state index >= 15 is 4.39 Å². The number of hydrogen-bond acceptors (Lipinski definition) is 4. The SMILES string of the molecule is CC(=O)N(c1cc(NC(=O)Cc2c(C)cc(C)cc2Cl)ccn1)c1ccn2nccc2c1F. The van der Waals surface area contributed by atoms with Crippen LogP contribution < -0.4 is 10.2 Å². The molecule has 3 heterocycles. The third kappa shape index (κ3) is 4.56. The molecule has 0 aliphatic rings. The van der Waals surface area contributed by atoms with E-state index < -0.39 is 11.7 Å². The van der Waals surface area contributed by atoms with Crippen molar-refractivity contribution >= 4 is 46.1 Å². The van der Waals surface area contributed by atoms with E-state index in [1.165, 1.54) is 42.0 Å². The minimum atomic E-state index is -0.606. The second kappa shape index (κ2) is 8.99. The van der Waals surface area contributed by atoms with Crippen molar-refractivity contribution in [2.45, 2.75) is 27.2 Å². The highest BCUT2D eigenvalue weighted by molar-refractivity contribution is 6.31. The van der Waals surface area contributed by atoms with E-state index in [1.807, 2.05) is 26.0 Å². The van der Waals surface area contributed by atoms with Gasteiger partial charge in [0.25, 0.3) is 0 Å². The first-order valence-electron chi connectivity index (χ1n) is 10.2. The molecule has 0 saturated carbocycles. The van der Waals surface area contributed by atoms with Crippen LogP contribution in [0.15, 0.2) is 55.0 Å². The number of anilines is 3. The minimum Gasteiger partial charge on any atom is -0.326 e. The number of carbonyl (C=O) groups excluding carboxylic acids is 2. The smallest absolute Gasteiger partial charge is 0.229 e. The Morgan fingerprint density at radius 2 is 1.94 bits per heavy atom. The van der Waals surface area contributed by atoms with Crippen molar-refractivity contribution in [3.8, 4) is 0 Å². The van der Waals surface area contributed by atoms with Gasteiger partial charge in [0.05, 0.1) is 18.3 Å². The zero-order valence-corrected chi connectivity index (χ0v) is 19.0. The highest BCUT2D eigenvalue weighted by Gasteiger charge is 2.22. The molecule has 0 saturated heterocycles. The number of hydrogen-bond donors (Lipinski definition) is 1. The molecule has 33 heavy (non-hydrogen) atoms. The van der Waals surface area contributed by atoms with Crippen molar-refractivity contribution < 1.29 is 14.0 Å². The normalized spacial score (nSPS) is 10.9. The molecular formula is C24H21ClFN5O2. The van der Waals surface area contributed by atoms with Crippen LogP contribution >= 0.6 is 11.6 Å². The molecular weight excluding hydrogens is 445 g/mol. The first kappa shape index (κ1) is 22.4. The van der Waals surface area contributed by atoms with Crippen molar-refractivity contribution in [3.05, 3.63) is 82.5 Å². The Labute approximate surface area is 194 Å². The predicted molar refractivity (Wildman–Crippen MR) is 125 cm³/mol. The van der Waals surface area contributed by atoms with E-state index in [4.69, 9.17) is 11.6 Å². The standard InChI is InChI=1S/C24H21ClFN5O2/c1-14-10-15(2)18(19(25)11-14)13-23(33)29-17-4-7-27-22(12-17)31(16(3)32)21-6-9-30-20(24(21)26)5-8-28-30/h4-12H,13H2,1-3H3,(H,27,29,33). The molecule has 4 rings (SSSR count). The summed E-state index contributed by atoms with van der Waals surface area (Å²) < 4.78 is 16.5. The van der Waals surface area contributed by atoms with Crippen molar-refractivity contribution in [1.29, 1.82) is 0 Å². The highest BCUT2D eigenvalue weighted by Crippen LogP contribution is 2.30. The summed E-state index contributed by atoms with van der Waals surface area (Å²) in [4.78, 5) is 30.5. The van der Waals surface area contributed by atoms with E-state index in [1.54, 1.807) is 12.3 Å². The molecule has 0 spiro atoms. The van der Waals surface area contributed by atoms with E-state index in [0.29, 0.717) is 10.7 Å². The fraction of sp³-hybridized carbons (Fsp3) is 0.167. The maximum absolute atomic E-state index is 15.1. The van der Waals surface area contributed by atoms with Gasteiger partial charge in [-0.3, -0.25) is 14.5 Å². The first-order valence-corrected chi connectivity index (χ1v) is 10.6. The molecule has 9 heteroatoms. The molecule has 1 N–H and O–H groups in total. The fourth-order valence-corrected chi connectivity index (χ4v) is 4.12. The molecule has 2 amide bonds. The number of nitrogens with zero attached hydrogens (tertiary/aromatic N) is 4. The Hall–Kier alpha value is -3.78. The Balaban J connectivity index is 1.61. The third-order valence-corrected chi connectivity index (χ3v) is 5.55. The van der Waals surface area contributed by atoms with Gasteiger partial charge in [0.2, 0.25) is 11.8 Å². The van der Waals surface area contributed by atoms with E-state index in [2.05, 4.69) is 15.4 Å². The van der Waals surface area contributed by atoms with Gasteiger partial charge in [-0.05, 0) is 54.8 Å². The summed E-state index contributed by atoms with van der Waals surface area (Å²) in [6.45, 7) is 5.16. The summed E-state index contributed by atoms with van der Waals surface area (Å²) in [5.74, 6) is -1.14. The van der Waals surface area contributed by atoms with Gasteiger partial charge < -0.3 is 5.32 Å². The molecule has 0 atom stereocenters. The monoisotopic (exact) mass is 465 g/mol. The lowest BCUT2D eigenvalue weighted by molar-refractivity contribution is -0.116. The van der Waals surface area contributed by atoms with Gasteiger partial charge in [-0.2, -0.15) is 5.10 Å². The largest absolute Gasteiger partial charge is 0.326 e. The Morgan fingerprint density at radius 3 is 2.67 bits per heavy atom. The molecule has 0 aliphatic heterocycles. The summed E-state index contributed by atoms with van der Waals surface area (Å²) >= 11 is 6.32. The zero-order chi connectivity index (χ0) is 23.7. The Morgan fingerprint density at radius 1 is 1.15 bits per heavy atom. The lowest BCUT2D eigenvalue weighted by atomic mass is 10.0. The lowest BCUT2D eigenvalue weighted by Crippen LogP contribution is -2.25. The van der Waals surface area contributed by atoms with Crippen LogP contribution in [0, 0.1) is 19.7 Å².